The van der Waals surface area contributed by atoms with Gasteiger partial charge in [0, 0.05) is 18.4 Å². The number of amides is 3. The maximum absolute atomic E-state index is 12.1. The number of imide groups is 1. The summed E-state index contributed by atoms with van der Waals surface area (Å²) in [4.78, 5) is 36.8. The number of H-pyrrole nitrogens is 1. The summed E-state index contributed by atoms with van der Waals surface area (Å²) >= 11 is 0. The van der Waals surface area contributed by atoms with Crippen molar-refractivity contribution in [2.75, 3.05) is 12.4 Å². The molecule has 0 bridgehead atoms. The van der Waals surface area contributed by atoms with Crippen LogP contribution in [0.1, 0.15) is 36.8 Å². The van der Waals surface area contributed by atoms with Gasteiger partial charge in [-0.15, -0.1) is 0 Å². The molecule has 3 rings (SSSR count). The average Bonchev–Trinajstić information content (AvgIpc) is 2.98. The molecule has 21 heavy (non-hydrogen) atoms. The molecule has 106 valence electrons. The average molecular weight is 284 g/mol. The van der Waals surface area contributed by atoms with E-state index in [-0.39, 0.29) is 17.7 Å². The first-order valence-corrected chi connectivity index (χ1v) is 6.27. The minimum absolute atomic E-state index is 0.296. The Morgan fingerprint density at radius 2 is 1.95 bits per heavy atom. The monoisotopic (exact) mass is 284 g/mol. The quantitative estimate of drug-likeness (QED) is 0.810. The number of aromatic amines is 1. The van der Waals surface area contributed by atoms with Crippen LogP contribution in [0.3, 0.4) is 0 Å². The van der Waals surface area contributed by atoms with Gasteiger partial charge in [0.2, 0.25) is 0 Å². The molecule has 0 fully saturated rings. The Hall–Kier alpha value is -2.96. The zero-order valence-electron chi connectivity index (χ0n) is 11.4. The molecule has 0 aliphatic carbocycles. The van der Waals surface area contributed by atoms with E-state index in [1.54, 1.807) is 13.0 Å². The van der Waals surface area contributed by atoms with Crippen LogP contribution in [0.2, 0.25) is 0 Å². The lowest BCUT2D eigenvalue weighted by Crippen LogP contribution is -2.24. The summed E-state index contributed by atoms with van der Waals surface area (Å²) in [5.74, 6) is -1.03. The fourth-order valence-electron chi connectivity index (χ4n) is 2.22. The molecule has 0 saturated carbocycles. The number of fused-ring (bicyclic) bond motifs is 1. The first-order chi connectivity index (χ1) is 9.99. The van der Waals surface area contributed by atoms with Crippen molar-refractivity contribution in [3.63, 3.8) is 0 Å². The summed E-state index contributed by atoms with van der Waals surface area (Å²) < 4.78 is 0. The highest BCUT2D eigenvalue weighted by molar-refractivity contribution is 6.21. The van der Waals surface area contributed by atoms with E-state index in [1.807, 2.05) is 0 Å². The molecule has 7 heteroatoms. The fourth-order valence-corrected chi connectivity index (χ4v) is 2.22. The van der Waals surface area contributed by atoms with E-state index in [2.05, 4.69) is 15.5 Å². The van der Waals surface area contributed by atoms with Crippen molar-refractivity contribution in [1.29, 1.82) is 0 Å². The van der Waals surface area contributed by atoms with Crippen LogP contribution in [-0.4, -0.2) is 39.9 Å². The first-order valence-electron chi connectivity index (χ1n) is 6.27. The number of anilines is 1. The lowest BCUT2D eigenvalue weighted by atomic mass is 10.1. The van der Waals surface area contributed by atoms with E-state index in [9.17, 15) is 14.4 Å². The Kier molecular flexibility index (Phi) is 2.83. The van der Waals surface area contributed by atoms with Gasteiger partial charge in [0.1, 0.15) is 0 Å². The van der Waals surface area contributed by atoms with E-state index < -0.39 is 0 Å². The van der Waals surface area contributed by atoms with Crippen molar-refractivity contribution < 1.29 is 14.4 Å². The van der Waals surface area contributed by atoms with Gasteiger partial charge in [-0.25, -0.2) is 0 Å². The molecule has 0 atom stereocenters. The van der Waals surface area contributed by atoms with Gasteiger partial charge in [0.15, 0.2) is 0 Å². The van der Waals surface area contributed by atoms with Gasteiger partial charge in [-0.2, -0.15) is 5.10 Å². The van der Waals surface area contributed by atoms with Gasteiger partial charge in [0.25, 0.3) is 17.7 Å². The predicted molar refractivity (Wildman–Crippen MR) is 74.1 cm³/mol. The summed E-state index contributed by atoms with van der Waals surface area (Å²) in [6.45, 7) is 1.74. The molecular formula is C14H12N4O3. The zero-order valence-corrected chi connectivity index (χ0v) is 11.4. The van der Waals surface area contributed by atoms with Crippen LogP contribution in [0.25, 0.3) is 0 Å². The van der Waals surface area contributed by atoms with E-state index >= 15 is 0 Å². The molecule has 1 aromatic heterocycles. The molecule has 1 aliphatic heterocycles. The van der Waals surface area contributed by atoms with Crippen LogP contribution in [0, 0.1) is 6.92 Å². The Morgan fingerprint density at radius 1 is 1.24 bits per heavy atom. The minimum atomic E-state index is -0.370. The number of nitrogens with one attached hydrogen (secondary N) is 2. The number of benzene rings is 1. The van der Waals surface area contributed by atoms with Gasteiger partial charge in [-0.05, 0) is 25.1 Å². The van der Waals surface area contributed by atoms with Crippen LogP contribution >= 0.6 is 0 Å². The van der Waals surface area contributed by atoms with Crippen LogP contribution < -0.4 is 5.32 Å². The molecule has 2 N–H and O–H groups in total. The number of carbonyl (C=O) groups excluding carboxylic acids is 3. The molecule has 0 unspecified atom stereocenters. The van der Waals surface area contributed by atoms with Crippen LogP contribution in [0.5, 0.6) is 0 Å². The molecule has 0 saturated heterocycles. The second-order valence-corrected chi connectivity index (χ2v) is 4.79. The van der Waals surface area contributed by atoms with Gasteiger partial charge in [0.05, 0.1) is 22.9 Å². The molecular weight excluding hydrogens is 272 g/mol. The molecule has 1 aromatic carbocycles. The smallest absolute Gasteiger partial charge is 0.261 e. The standard InChI is InChI=1S/C14H12N4O3/c1-7-11(6-15-17-7)12(19)16-8-3-4-9-10(5-8)14(21)18(2)13(9)20/h3-6H,1-2H3,(H,15,17)(H,16,19). The Balaban J connectivity index is 1.89. The Morgan fingerprint density at radius 3 is 2.62 bits per heavy atom. The van der Waals surface area contributed by atoms with Gasteiger partial charge < -0.3 is 5.32 Å². The van der Waals surface area contributed by atoms with Crippen molar-refractivity contribution in [2.45, 2.75) is 6.92 Å². The highest BCUT2D eigenvalue weighted by Gasteiger charge is 2.32. The van der Waals surface area contributed by atoms with Gasteiger partial charge in [-0.1, -0.05) is 0 Å². The lowest BCUT2D eigenvalue weighted by Gasteiger charge is -2.05. The third-order valence-corrected chi connectivity index (χ3v) is 3.42. The molecule has 0 spiro atoms. The highest BCUT2D eigenvalue weighted by Crippen LogP contribution is 2.25. The summed E-state index contributed by atoms with van der Waals surface area (Å²) in [6, 6.07) is 4.64. The first kappa shape index (κ1) is 13.0. The third-order valence-electron chi connectivity index (χ3n) is 3.42. The van der Waals surface area contributed by atoms with Crippen LogP contribution in [0.4, 0.5) is 5.69 Å². The number of carbonyl (C=O) groups is 3. The summed E-state index contributed by atoms with van der Waals surface area (Å²) in [5.41, 5.74) is 2.18. The van der Waals surface area contributed by atoms with Gasteiger partial charge in [-0.3, -0.25) is 24.4 Å². The van der Waals surface area contributed by atoms with Crippen LogP contribution in [-0.2, 0) is 0 Å². The molecule has 2 heterocycles. The van der Waals surface area contributed by atoms with E-state index in [1.165, 1.54) is 25.4 Å². The second kappa shape index (κ2) is 4.55. The van der Waals surface area contributed by atoms with Crippen molar-refractivity contribution in [3.8, 4) is 0 Å². The number of hydrogen-bond acceptors (Lipinski definition) is 4. The normalized spacial score (nSPS) is 13.5. The van der Waals surface area contributed by atoms with Gasteiger partial charge >= 0.3 is 0 Å². The minimum Gasteiger partial charge on any atom is -0.322 e. The SMILES string of the molecule is Cc1[nH]ncc1C(=O)Nc1ccc2c(c1)C(=O)N(C)C2=O. The van der Waals surface area contributed by atoms with Crippen molar-refractivity contribution >= 4 is 23.4 Å². The predicted octanol–water partition coefficient (Wildman–Crippen LogP) is 1.20. The van der Waals surface area contributed by atoms with Crippen molar-refractivity contribution in [2.24, 2.45) is 0 Å². The van der Waals surface area contributed by atoms with E-state index in [4.69, 9.17) is 0 Å². The second-order valence-electron chi connectivity index (χ2n) is 4.79. The Labute approximate surface area is 119 Å². The summed E-state index contributed by atoms with van der Waals surface area (Å²) in [5, 5.41) is 9.15. The maximum atomic E-state index is 12.1. The highest BCUT2D eigenvalue weighted by atomic mass is 16.2. The molecule has 7 nitrogen and oxygen atoms in total. The largest absolute Gasteiger partial charge is 0.322 e. The van der Waals surface area contributed by atoms with Crippen LogP contribution in [0.15, 0.2) is 24.4 Å². The number of rotatable bonds is 2. The zero-order chi connectivity index (χ0) is 15.1. The summed E-state index contributed by atoms with van der Waals surface area (Å²) in [6.07, 6.45) is 1.43. The molecule has 1 aliphatic rings. The topological polar surface area (TPSA) is 95.2 Å². The Bertz CT molecular complexity index is 778. The number of aromatic nitrogens is 2. The fraction of sp³-hybridized carbons (Fsp3) is 0.143. The van der Waals surface area contributed by atoms with E-state index in [0.717, 1.165) is 4.90 Å². The molecule has 3 amide bonds. The van der Waals surface area contributed by atoms with E-state index in [0.29, 0.717) is 28.1 Å². The van der Waals surface area contributed by atoms with Crippen molar-refractivity contribution in [1.82, 2.24) is 15.1 Å². The molecule has 2 aromatic rings. The maximum Gasteiger partial charge on any atom is 0.261 e. The number of nitrogens with zero attached hydrogens (tertiary/aromatic N) is 2. The number of aryl methyl sites for hydroxylation is 1. The summed E-state index contributed by atoms with van der Waals surface area (Å²) in [7, 11) is 1.43. The molecule has 0 radical (unpaired) electrons. The lowest BCUT2D eigenvalue weighted by molar-refractivity contribution is 0.0692. The number of hydrogen-bond donors (Lipinski definition) is 2. The third kappa shape index (κ3) is 1.99. The van der Waals surface area contributed by atoms with Crippen molar-refractivity contribution in [3.05, 3.63) is 46.8 Å².